The molecule has 1 aliphatic carbocycles. The summed E-state index contributed by atoms with van der Waals surface area (Å²) < 4.78 is 11.0. The summed E-state index contributed by atoms with van der Waals surface area (Å²) in [5, 5.41) is 11.7. The van der Waals surface area contributed by atoms with Gasteiger partial charge >= 0.3 is 6.09 Å². The molecule has 1 heterocycles. The molecule has 1 aromatic rings. The Morgan fingerprint density at radius 1 is 1.48 bits per heavy atom. The van der Waals surface area contributed by atoms with E-state index < -0.39 is 6.09 Å². The lowest BCUT2D eigenvalue weighted by Crippen LogP contribution is -2.62. The third kappa shape index (κ3) is 1.65. The van der Waals surface area contributed by atoms with E-state index in [1.165, 1.54) is 14.2 Å². The normalized spacial score (nSPS) is 28.4. The second-order valence-corrected chi connectivity index (χ2v) is 5.71. The minimum atomic E-state index is -0.450. The van der Waals surface area contributed by atoms with Gasteiger partial charge in [0, 0.05) is 11.8 Å². The summed E-state index contributed by atoms with van der Waals surface area (Å²) in [5.41, 5.74) is 2.22. The molecule has 3 rings (SSSR count). The molecule has 6 heteroatoms. The first kappa shape index (κ1) is 13.7. The zero-order chi connectivity index (χ0) is 15.4. The molecule has 0 bridgehead atoms. The number of rotatable bonds is 1. The molecule has 1 fully saturated rings. The number of carbonyl (C=O) groups excluding carboxylic acids is 1. The molecule has 1 amide bonds. The lowest BCUT2D eigenvalue weighted by molar-refractivity contribution is -0.429. The van der Waals surface area contributed by atoms with E-state index in [1.807, 2.05) is 18.2 Å². The van der Waals surface area contributed by atoms with Crippen molar-refractivity contribution in [2.24, 2.45) is 0 Å². The average Bonchev–Trinajstić information content (AvgIpc) is 2.65. The van der Waals surface area contributed by atoms with Crippen molar-refractivity contribution in [3.8, 4) is 5.75 Å². The van der Waals surface area contributed by atoms with Gasteiger partial charge < -0.3 is 14.7 Å². The number of fused-ring (bicyclic) bond motifs is 3. The number of anilines is 1. The lowest BCUT2D eigenvalue weighted by atomic mass is 9.62. The van der Waals surface area contributed by atoms with Gasteiger partial charge in [0.1, 0.15) is 18.8 Å². The summed E-state index contributed by atoms with van der Waals surface area (Å²) in [7, 11) is 4.42. The number of benzene rings is 1. The van der Waals surface area contributed by atoms with Gasteiger partial charge in [-0.25, -0.2) is 9.53 Å². The predicted octanol–water partition coefficient (Wildman–Crippen LogP) is 1.89. The highest BCUT2D eigenvalue weighted by Gasteiger charge is 2.63. The Labute approximate surface area is 123 Å². The van der Waals surface area contributed by atoms with Gasteiger partial charge in [0.15, 0.2) is 5.71 Å². The van der Waals surface area contributed by atoms with Crippen molar-refractivity contribution in [1.29, 1.82) is 0 Å². The first-order chi connectivity index (χ1) is 9.93. The van der Waals surface area contributed by atoms with E-state index in [1.54, 1.807) is 12.0 Å². The molecular weight excluding hydrogens is 272 g/mol. The fraction of sp³-hybridized carbons (Fsp3) is 0.467. The highest BCUT2D eigenvalue weighted by atomic mass is 16.5. The summed E-state index contributed by atoms with van der Waals surface area (Å²) >= 11 is 0. The van der Waals surface area contributed by atoms with Crippen LogP contribution < -0.4 is 9.64 Å². The highest BCUT2D eigenvalue weighted by Crippen LogP contribution is 2.55. The summed E-state index contributed by atoms with van der Waals surface area (Å²) in [4.78, 5) is 13.7. The second kappa shape index (κ2) is 4.38. The maximum Gasteiger partial charge on any atom is 0.414 e. The molecule has 0 N–H and O–H groups in total. The van der Waals surface area contributed by atoms with Crippen molar-refractivity contribution in [1.82, 2.24) is 0 Å². The van der Waals surface area contributed by atoms with Gasteiger partial charge in [0.25, 0.3) is 0 Å². The molecule has 6 nitrogen and oxygen atoms in total. The molecule has 112 valence electrons. The molecule has 2 atom stereocenters. The summed E-state index contributed by atoms with van der Waals surface area (Å²) in [6.45, 7) is 2.06. The van der Waals surface area contributed by atoms with Gasteiger partial charge in [-0.2, -0.15) is 0 Å². The van der Waals surface area contributed by atoms with Crippen molar-refractivity contribution in [3.05, 3.63) is 29.0 Å². The van der Waals surface area contributed by atoms with Crippen LogP contribution in [0.3, 0.4) is 0 Å². The van der Waals surface area contributed by atoms with Gasteiger partial charge in [0.05, 0.1) is 19.9 Å². The van der Waals surface area contributed by atoms with E-state index in [0.717, 1.165) is 21.7 Å². The Kier molecular flexibility index (Phi) is 2.86. The van der Waals surface area contributed by atoms with Crippen LogP contribution in [0.5, 0.6) is 5.75 Å². The van der Waals surface area contributed by atoms with Gasteiger partial charge in [-0.05, 0) is 23.8 Å². The van der Waals surface area contributed by atoms with Crippen LogP contribution in [0.15, 0.2) is 18.2 Å². The minimum absolute atomic E-state index is 0.272. The molecule has 0 radical (unpaired) electrons. The van der Waals surface area contributed by atoms with Gasteiger partial charge in [-0.1, -0.05) is 6.92 Å². The van der Waals surface area contributed by atoms with E-state index >= 15 is 0 Å². The van der Waals surface area contributed by atoms with Crippen molar-refractivity contribution < 1.29 is 19.0 Å². The van der Waals surface area contributed by atoms with Crippen molar-refractivity contribution in [3.63, 3.8) is 0 Å². The number of carbonyl (C=O) groups is 1. The van der Waals surface area contributed by atoms with E-state index in [0.29, 0.717) is 12.1 Å². The largest absolute Gasteiger partial charge is 0.624 e. The zero-order valence-electron chi connectivity index (χ0n) is 12.5. The van der Waals surface area contributed by atoms with Crippen molar-refractivity contribution >= 4 is 17.5 Å². The van der Waals surface area contributed by atoms with Gasteiger partial charge in [-0.15, -0.1) is 0 Å². The lowest BCUT2D eigenvalue weighted by Gasteiger charge is -2.43. The average molecular weight is 290 g/mol. The van der Waals surface area contributed by atoms with Gasteiger partial charge in [-0.3, -0.25) is 4.90 Å². The Balaban J connectivity index is 2.17. The van der Waals surface area contributed by atoms with Crippen LogP contribution in [0.1, 0.15) is 18.9 Å². The van der Waals surface area contributed by atoms with Crippen LogP contribution in [-0.2, 0) is 10.2 Å². The maximum atomic E-state index is 12.2. The number of hydrogen-bond donors (Lipinski definition) is 0. The number of ether oxygens (including phenoxy) is 2. The summed E-state index contributed by atoms with van der Waals surface area (Å²) in [6.07, 6.45) is 0.180. The monoisotopic (exact) mass is 290 g/mol. The molecule has 1 aromatic carbocycles. The third-order valence-corrected chi connectivity index (χ3v) is 4.58. The van der Waals surface area contributed by atoms with Gasteiger partial charge in [0.2, 0.25) is 0 Å². The predicted molar refractivity (Wildman–Crippen MR) is 78.2 cm³/mol. The minimum Gasteiger partial charge on any atom is -0.624 e. The molecular formula is C15H18N2O4. The Morgan fingerprint density at radius 2 is 2.19 bits per heavy atom. The summed E-state index contributed by atoms with van der Waals surface area (Å²) in [5.74, 6) is 0.740. The number of hydroxylamine groups is 1. The topological polar surface area (TPSA) is 64.8 Å². The Morgan fingerprint density at radius 3 is 2.76 bits per heavy atom. The highest BCUT2D eigenvalue weighted by molar-refractivity contribution is 6.09. The van der Waals surface area contributed by atoms with E-state index in [4.69, 9.17) is 9.47 Å². The number of hydrogen-bond acceptors (Lipinski definition) is 4. The maximum absolute atomic E-state index is 12.2. The molecule has 0 spiro atoms. The quantitative estimate of drug-likeness (QED) is 0.450. The number of amides is 1. The van der Waals surface area contributed by atoms with Crippen molar-refractivity contribution in [2.75, 3.05) is 26.2 Å². The van der Waals surface area contributed by atoms with E-state index in [2.05, 4.69) is 6.92 Å². The number of methoxy groups -OCH3 is 2. The zero-order valence-corrected chi connectivity index (χ0v) is 12.5. The second-order valence-electron chi connectivity index (χ2n) is 5.71. The van der Waals surface area contributed by atoms with Crippen LogP contribution in [0.4, 0.5) is 10.5 Å². The fourth-order valence-electron chi connectivity index (χ4n) is 3.52. The first-order valence-corrected chi connectivity index (χ1v) is 6.76. The summed E-state index contributed by atoms with van der Waals surface area (Å²) in [6, 6.07) is 5.31. The molecule has 21 heavy (non-hydrogen) atoms. The SMILES string of the molecule is COC(=O)N1c2ccc(OC)cc2[C@]2(C)C/C(=[N+](/C)[O-])[C@H]12. The molecule has 0 aromatic heterocycles. The fourth-order valence-corrected chi connectivity index (χ4v) is 3.52. The van der Waals surface area contributed by atoms with Crippen LogP contribution in [0.25, 0.3) is 0 Å². The Hall–Kier alpha value is -2.24. The number of nitrogens with zero attached hydrogens (tertiary/aromatic N) is 2. The van der Waals surface area contributed by atoms with E-state index in [-0.39, 0.29) is 11.5 Å². The van der Waals surface area contributed by atoms with Crippen LogP contribution in [0, 0.1) is 5.21 Å². The molecule has 1 aliphatic heterocycles. The molecule has 1 saturated carbocycles. The molecule has 0 unspecified atom stereocenters. The first-order valence-electron chi connectivity index (χ1n) is 6.76. The standard InChI is InChI=1S/C15H18N2O4/c1-15-8-12(16(2)19)13(15)17(14(18)21-4)11-6-5-9(20-3)7-10(11)15/h5-7,13H,8H2,1-4H3/b16-12+/t13-,15-/m0/s1. The van der Waals surface area contributed by atoms with Crippen LogP contribution in [-0.4, -0.2) is 43.9 Å². The molecule has 0 saturated heterocycles. The molecule has 2 aliphatic rings. The van der Waals surface area contributed by atoms with E-state index in [9.17, 15) is 10.0 Å². The Bertz CT molecular complexity index is 651. The van der Waals surface area contributed by atoms with Crippen molar-refractivity contribution in [2.45, 2.75) is 24.8 Å². The van der Waals surface area contributed by atoms with Crippen LogP contribution in [0.2, 0.25) is 0 Å². The smallest absolute Gasteiger partial charge is 0.414 e. The third-order valence-electron chi connectivity index (χ3n) is 4.58. The van der Waals surface area contributed by atoms with Crippen LogP contribution >= 0.6 is 0 Å².